The second-order valence-electron chi connectivity index (χ2n) is 5.26. The number of carbonyl (C=O) groups excluding carboxylic acids is 1. The molecule has 7 heteroatoms. The van der Waals surface area contributed by atoms with Crippen LogP contribution in [0.2, 0.25) is 0 Å². The molecule has 0 atom stereocenters. The third kappa shape index (κ3) is 4.15. The Bertz CT molecular complexity index is 453. The number of carbonyl (C=O) groups is 1. The molecule has 1 aliphatic rings. The van der Waals surface area contributed by atoms with Gasteiger partial charge in [0, 0.05) is 12.0 Å². The van der Waals surface area contributed by atoms with Crippen LogP contribution < -0.4 is 5.32 Å². The predicted octanol–water partition coefficient (Wildman–Crippen LogP) is 4.21. The normalized spacial score (nSPS) is 22.9. The van der Waals surface area contributed by atoms with Crippen LogP contribution in [-0.2, 0) is 4.74 Å². The number of thiazole rings is 1. The highest BCUT2D eigenvalue weighted by molar-refractivity contribution is 9.11. The minimum Gasteiger partial charge on any atom is -0.447 e. The summed E-state index contributed by atoms with van der Waals surface area (Å²) in [4.78, 5) is 15.5. The average molecular weight is 365 g/mol. The van der Waals surface area contributed by atoms with Crippen LogP contribution in [0.3, 0.4) is 0 Å². The molecule has 112 valence electrons. The van der Waals surface area contributed by atoms with Crippen LogP contribution in [0.1, 0.15) is 50.5 Å². The van der Waals surface area contributed by atoms with Gasteiger partial charge >= 0.3 is 6.09 Å². The lowest BCUT2D eigenvalue weighted by Crippen LogP contribution is -2.38. The molecule has 0 radical (unpaired) electrons. The molecule has 0 unspecified atom stereocenters. The van der Waals surface area contributed by atoms with Crippen molar-refractivity contribution in [1.82, 2.24) is 10.3 Å². The molecule has 0 saturated heterocycles. The van der Waals surface area contributed by atoms with Gasteiger partial charge in [-0.05, 0) is 55.5 Å². The number of hydrogen-bond acceptors (Lipinski definition) is 4. The van der Waals surface area contributed by atoms with Gasteiger partial charge in [0.25, 0.3) is 0 Å². The minimum absolute atomic E-state index is 0.109. The zero-order valence-electron chi connectivity index (χ0n) is 11.5. The van der Waals surface area contributed by atoms with Crippen LogP contribution in [0.4, 0.5) is 9.18 Å². The number of rotatable bonds is 3. The Balaban J connectivity index is 1.82. The fourth-order valence-electron chi connectivity index (χ4n) is 2.37. The van der Waals surface area contributed by atoms with Crippen LogP contribution >= 0.6 is 27.3 Å². The fourth-order valence-corrected chi connectivity index (χ4v) is 3.80. The van der Waals surface area contributed by atoms with E-state index in [-0.39, 0.29) is 18.2 Å². The first kappa shape index (κ1) is 15.7. The molecule has 1 amide bonds. The largest absolute Gasteiger partial charge is 0.447 e. The van der Waals surface area contributed by atoms with E-state index in [0.29, 0.717) is 9.70 Å². The van der Waals surface area contributed by atoms with E-state index >= 15 is 0 Å². The Morgan fingerprint density at radius 1 is 1.45 bits per heavy atom. The molecule has 20 heavy (non-hydrogen) atoms. The zero-order valence-corrected chi connectivity index (χ0v) is 13.9. The van der Waals surface area contributed by atoms with Crippen LogP contribution in [-0.4, -0.2) is 23.2 Å². The molecule has 0 spiro atoms. The molecule has 0 aliphatic heterocycles. The van der Waals surface area contributed by atoms with Crippen molar-refractivity contribution in [2.24, 2.45) is 0 Å². The third-order valence-electron chi connectivity index (χ3n) is 3.31. The van der Waals surface area contributed by atoms with Crippen molar-refractivity contribution >= 4 is 33.4 Å². The first-order chi connectivity index (χ1) is 9.45. The molecule has 1 saturated carbocycles. The summed E-state index contributed by atoms with van der Waals surface area (Å²) in [6.07, 6.45) is 3.10. The van der Waals surface area contributed by atoms with Crippen molar-refractivity contribution in [3.05, 3.63) is 14.7 Å². The number of amides is 1. The average Bonchev–Trinajstić information content (AvgIpc) is 2.69. The summed E-state index contributed by atoms with van der Waals surface area (Å²) < 4.78 is 18.8. The number of hydrogen-bond donors (Lipinski definition) is 1. The smallest absolute Gasteiger partial charge is 0.407 e. The molecule has 1 aromatic heterocycles. The summed E-state index contributed by atoms with van der Waals surface area (Å²) in [5, 5.41) is 3.72. The standard InChI is InChI=1S/C13H18BrFN2O2S/c1-7(2)19-13(18)16-9-5-3-8(4-6-9)12-17-11(15)10(14)20-12/h7-9H,3-6H2,1-2H3,(H,16,18). The fraction of sp³-hybridized carbons (Fsp3) is 0.692. The van der Waals surface area contributed by atoms with Crippen molar-refractivity contribution in [3.8, 4) is 0 Å². The second-order valence-corrected chi connectivity index (χ2v) is 7.61. The lowest BCUT2D eigenvalue weighted by atomic mass is 9.86. The van der Waals surface area contributed by atoms with E-state index in [0.717, 1.165) is 30.7 Å². The predicted molar refractivity (Wildman–Crippen MR) is 79.5 cm³/mol. The van der Waals surface area contributed by atoms with Crippen molar-refractivity contribution in [2.75, 3.05) is 0 Å². The van der Waals surface area contributed by atoms with Gasteiger partial charge in [0.05, 0.1) is 6.10 Å². The SMILES string of the molecule is CC(C)OC(=O)NC1CCC(c2nc(F)c(Br)s2)CC1. The lowest BCUT2D eigenvalue weighted by molar-refractivity contribution is 0.109. The molecule has 1 heterocycles. The van der Waals surface area contributed by atoms with E-state index in [2.05, 4.69) is 26.2 Å². The van der Waals surface area contributed by atoms with Crippen LogP contribution in [0.5, 0.6) is 0 Å². The number of alkyl carbamates (subject to hydrolysis) is 1. The number of ether oxygens (including phenoxy) is 1. The van der Waals surface area contributed by atoms with Crippen LogP contribution in [0, 0.1) is 5.95 Å². The highest BCUT2D eigenvalue weighted by Crippen LogP contribution is 2.37. The first-order valence-electron chi connectivity index (χ1n) is 6.74. The molecule has 4 nitrogen and oxygen atoms in total. The molecule has 0 bridgehead atoms. The molecule has 1 aromatic rings. The van der Waals surface area contributed by atoms with Crippen molar-refractivity contribution in [3.63, 3.8) is 0 Å². The van der Waals surface area contributed by atoms with Gasteiger partial charge < -0.3 is 10.1 Å². The topological polar surface area (TPSA) is 51.2 Å². The Morgan fingerprint density at radius 3 is 2.60 bits per heavy atom. The Labute approximate surface area is 130 Å². The maximum Gasteiger partial charge on any atom is 0.407 e. The number of nitrogens with one attached hydrogen (secondary N) is 1. The first-order valence-corrected chi connectivity index (χ1v) is 8.35. The van der Waals surface area contributed by atoms with Gasteiger partial charge in [-0.2, -0.15) is 4.39 Å². The summed E-state index contributed by atoms with van der Waals surface area (Å²) in [5.74, 6) is -0.134. The highest BCUT2D eigenvalue weighted by atomic mass is 79.9. The minimum atomic E-state index is -0.425. The van der Waals surface area contributed by atoms with Gasteiger partial charge in [0.2, 0.25) is 5.95 Å². The Kier molecular flexibility index (Phi) is 5.37. The molecule has 0 aromatic carbocycles. The van der Waals surface area contributed by atoms with Gasteiger partial charge in [-0.15, -0.1) is 11.3 Å². The molecule has 1 N–H and O–H groups in total. The number of nitrogens with zero attached hydrogens (tertiary/aromatic N) is 1. The van der Waals surface area contributed by atoms with Gasteiger partial charge in [-0.3, -0.25) is 0 Å². The van der Waals surface area contributed by atoms with E-state index in [1.807, 2.05) is 13.8 Å². The van der Waals surface area contributed by atoms with Gasteiger partial charge in [-0.1, -0.05) is 0 Å². The monoisotopic (exact) mass is 364 g/mol. The summed E-state index contributed by atoms with van der Waals surface area (Å²) in [7, 11) is 0. The summed E-state index contributed by atoms with van der Waals surface area (Å²) >= 11 is 4.52. The van der Waals surface area contributed by atoms with Crippen molar-refractivity contribution < 1.29 is 13.9 Å². The molecular weight excluding hydrogens is 347 g/mol. The van der Waals surface area contributed by atoms with Gasteiger partial charge in [0.15, 0.2) is 0 Å². The number of aromatic nitrogens is 1. The van der Waals surface area contributed by atoms with Crippen LogP contribution in [0.15, 0.2) is 3.79 Å². The maximum absolute atomic E-state index is 13.2. The summed E-state index contributed by atoms with van der Waals surface area (Å²) in [5.41, 5.74) is 0. The maximum atomic E-state index is 13.2. The quantitative estimate of drug-likeness (QED) is 0.873. The Hall–Kier alpha value is -0.690. The van der Waals surface area contributed by atoms with Crippen molar-refractivity contribution in [2.45, 2.75) is 57.6 Å². The van der Waals surface area contributed by atoms with Crippen LogP contribution in [0.25, 0.3) is 0 Å². The van der Waals surface area contributed by atoms with Gasteiger partial charge in [0.1, 0.15) is 8.79 Å². The molecule has 1 aliphatic carbocycles. The Morgan fingerprint density at radius 2 is 2.10 bits per heavy atom. The van der Waals surface area contributed by atoms with E-state index in [1.165, 1.54) is 11.3 Å². The third-order valence-corrected chi connectivity index (χ3v) is 5.10. The second kappa shape index (κ2) is 6.85. The van der Waals surface area contributed by atoms with E-state index in [4.69, 9.17) is 4.74 Å². The van der Waals surface area contributed by atoms with Crippen molar-refractivity contribution in [1.29, 1.82) is 0 Å². The molecule has 1 fully saturated rings. The zero-order chi connectivity index (χ0) is 14.7. The van der Waals surface area contributed by atoms with E-state index < -0.39 is 5.95 Å². The molecule has 2 rings (SSSR count). The van der Waals surface area contributed by atoms with E-state index in [1.54, 1.807) is 0 Å². The number of halogens is 2. The summed E-state index contributed by atoms with van der Waals surface area (Å²) in [6, 6.07) is 0.144. The van der Waals surface area contributed by atoms with Gasteiger partial charge in [-0.25, -0.2) is 9.78 Å². The lowest BCUT2D eigenvalue weighted by Gasteiger charge is -2.27. The van der Waals surface area contributed by atoms with E-state index in [9.17, 15) is 9.18 Å². The summed E-state index contributed by atoms with van der Waals surface area (Å²) in [6.45, 7) is 3.65. The molecular formula is C13H18BrFN2O2S. The highest BCUT2D eigenvalue weighted by Gasteiger charge is 2.26.